The molecule has 0 bridgehead atoms. The van der Waals surface area contributed by atoms with Crippen LogP contribution in [0.2, 0.25) is 0 Å². The number of para-hydroxylation sites is 1. The van der Waals surface area contributed by atoms with Gasteiger partial charge in [-0.15, -0.1) is 0 Å². The van der Waals surface area contributed by atoms with Crippen LogP contribution in [-0.4, -0.2) is 56.9 Å². The normalized spacial score (nSPS) is 19.4. The molecule has 0 N–H and O–H groups in total. The fraction of sp³-hybridized carbons (Fsp3) is 0.440. The minimum absolute atomic E-state index is 0.0468. The minimum Gasteiger partial charge on any atom is -0.495 e. The van der Waals surface area contributed by atoms with Gasteiger partial charge in [0.1, 0.15) is 10.6 Å². The topological polar surface area (TPSA) is 93.2 Å². The summed E-state index contributed by atoms with van der Waals surface area (Å²) in [6, 6.07) is 11.7. The molecule has 0 spiro atoms. The number of esters is 1. The molecule has 0 aliphatic carbocycles. The lowest BCUT2D eigenvalue weighted by atomic mass is 10.1. The molecule has 182 valence electrons. The third-order valence-electron chi connectivity index (χ3n) is 6.51. The second kappa shape index (κ2) is 9.76. The van der Waals surface area contributed by atoms with E-state index in [-0.39, 0.29) is 28.2 Å². The van der Waals surface area contributed by atoms with E-state index in [4.69, 9.17) is 9.47 Å². The lowest BCUT2D eigenvalue weighted by molar-refractivity contribution is -0.126. The number of rotatable bonds is 6. The highest BCUT2D eigenvalue weighted by Gasteiger charge is 2.34. The summed E-state index contributed by atoms with van der Waals surface area (Å²) >= 11 is 0. The van der Waals surface area contributed by atoms with E-state index >= 15 is 0 Å². The molecule has 2 heterocycles. The first-order chi connectivity index (χ1) is 16.2. The van der Waals surface area contributed by atoms with Crippen molar-refractivity contribution < 1.29 is 27.5 Å². The van der Waals surface area contributed by atoms with Crippen molar-refractivity contribution in [1.29, 1.82) is 0 Å². The van der Waals surface area contributed by atoms with Gasteiger partial charge in [-0.1, -0.05) is 24.6 Å². The summed E-state index contributed by atoms with van der Waals surface area (Å²) in [6.45, 7) is 4.35. The number of amides is 1. The summed E-state index contributed by atoms with van der Waals surface area (Å²) < 4.78 is 39.0. The van der Waals surface area contributed by atoms with Gasteiger partial charge < -0.3 is 14.4 Å². The van der Waals surface area contributed by atoms with Gasteiger partial charge in [-0.25, -0.2) is 13.2 Å². The van der Waals surface area contributed by atoms with E-state index in [1.54, 1.807) is 4.90 Å². The van der Waals surface area contributed by atoms with Gasteiger partial charge in [-0.05, 0) is 62.9 Å². The van der Waals surface area contributed by atoms with Crippen molar-refractivity contribution in [2.24, 2.45) is 0 Å². The van der Waals surface area contributed by atoms with Gasteiger partial charge in [0.15, 0.2) is 6.10 Å². The zero-order valence-corrected chi connectivity index (χ0v) is 20.5. The maximum atomic E-state index is 13.4. The first-order valence-electron chi connectivity index (χ1n) is 11.5. The van der Waals surface area contributed by atoms with Crippen molar-refractivity contribution in [2.75, 3.05) is 25.1 Å². The number of hydrogen-bond acceptors (Lipinski definition) is 6. The molecular formula is C25H30N2O6S. The molecule has 0 saturated carbocycles. The van der Waals surface area contributed by atoms with Gasteiger partial charge in [0.25, 0.3) is 5.91 Å². The molecule has 8 nitrogen and oxygen atoms in total. The molecule has 1 saturated heterocycles. The number of benzene rings is 2. The molecule has 2 aliphatic heterocycles. The molecule has 0 unspecified atom stereocenters. The molecule has 2 aromatic rings. The van der Waals surface area contributed by atoms with Crippen molar-refractivity contribution >= 4 is 27.6 Å². The van der Waals surface area contributed by atoms with Crippen LogP contribution in [0.4, 0.5) is 5.69 Å². The second-order valence-electron chi connectivity index (χ2n) is 8.74. The molecule has 2 aliphatic rings. The molecule has 9 heteroatoms. The minimum atomic E-state index is -3.88. The van der Waals surface area contributed by atoms with Crippen LogP contribution >= 0.6 is 0 Å². The van der Waals surface area contributed by atoms with Gasteiger partial charge in [0, 0.05) is 24.8 Å². The number of anilines is 1. The summed E-state index contributed by atoms with van der Waals surface area (Å²) in [6.07, 6.45) is 2.26. The Bertz CT molecular complexity index is 1200. The van der Waals surface area contributed by atoms with Gasteiger partial charge in [-0.2, -0.15) is 4.31 Å². The van der Waals surface area contributed by atoms with Crippen LogP contribution in [0.1, 0.15) is 49.0 Å². The van der Waals surface area contributed by atoms with Crippen molar-refractivity contribution in [2.45, 2.75) is 56.6 Å². The summed E-state index contributed by atoms with van der Waals surface area (Å²) in [4.78, 5) is 27.4. The number of fused-ring (bicyclic) bond motifs is 1. The Balaban J connectivity index is 1.54. The number of piperidine rings is 1. The van der Waals surface area contributed by atoms with E-state index in [2.05, 4.69) is 0 Å². The summed E-state index contributed by atoms with van der Waals surface area (Å²) in [5.74, 6) is -0.923. The average Bonchev–Trinajstić information content (AvgIpc) is 3.27. The van der Waals surface area contributed by atoms with Crippen molar-refractivity contribution in [3.05, 3.63) is 53.6 Å². The zero-order chi connectivity index (χ0) is 24.5. The maximum Gasteiger partial charge on any atom is 0.338 e. The molecule has 34 heavy (non-hydrogen) atoms. The Morgan fingerprint density at radius 3 is 2.59 bits per heavy atom. The van der Waals surface area contributed by atoms with E-state index in [1.807, 2.05) is 31.2 Å². The van der Waals surface area contributed by atoms with Crippen LogP contribution in [-0.2, 0) is 26.0 Å². The predicted molar refractivity (Wildman–Crippen MR) is 128 cm³/mol. The molecule has 2 atom stereocenters. The quantitative estimate of drug-likeness (QED) is 0.581. The lowest BCUT2D eigenvalue weighted by Gasteiger charge is -2.32. The Morgan fingerprint density at radius 2 is 1.85 bits per heavy atom. The van der Waals surface area contributed by atoms with Crippen LogP contribution < -0.4 is 9.64 Å². The number of sulfonamides is 1. The Hall–Kier alpha value is -2.91. The second-order valence-corrected chi connectivity index (χ2v) is 10.6. The van der Waals surface area contributed by atoms with Gasteiger partial charge >= 0.3 is 5.97 Å². The number of ether oxygens (including phenoxy) is 2. The highest BCUT2D eigenvalue weighted by atomic mass is 32.2. The third-order valence-corrected chi connectivity index (χ3v) is 8.55. The molecule has 2 aromatic carbocycles. The Morgan fingerprint density at radius 1 is 1.09 bits per heavy atom. The van der Waals surface area contributed by atoms with Crippen LogP contribution in [0, 0.1) is 0 Å². The average molecular weight is 487 g/mol. The number of methoxy groups -OCH3 is 1. The van der Waals surface area contributed by atoms with Crippen molar-refractivity contribution in [3.8, 4) is 5.75 Å². The first kappa shape index (κ1) is 24.2. The molecule has 1 amide bonds. The maximum absolute atomic E-state index is 13.4. The van der Waals surface area contributed by atoms with E-state index < -0.39 is 22.1 Å². The van der Waals surface area contributed by atoms with Crippen molar-refractivity contribution in [1.82, 2.24) is 4.31 Å². The van der Waals surface area contributed by atoms with Gasteiger partial charge in [-0.3, -0.25) is 4.79 Å². The van der Waals surface area contributed by atoms with Crippen LogP contribution in [0.15, 0.2) is 47.4 Å². The fourth-order valence-corrected chi connectivity index (χ4v) is 6.51. The summed E-state index contributed by atoms with van der Waals surface area (Å²) in [5, 5.41) is 0. The summed E-state index contributed by atoms with van der Waals surface area (Å²) in [5.41, 5.74) is 1.95. The molecule has 4 rings (SSSR count). The predicted octanol–water partition coefficient (Wildman–Crippen LogP) is 3.39. The highest BCUT2D eigenvalue weighted by Crippen LogP contribution is 2.32. The Kier molecular flexibility index (Phi) is 6.95. The van der Waals surface area contributed by atoms with Crippen LogP contribution in [0.5, 0.6) is 5.75 Å². The molecule has 0 aromatic heterocycles. The summed E-state index contributed by atoms with van der Waals surface area (Å²) in [7, 11) is -2.49. The van der Waals surface area contributed by atoms with E-state index in [9.17, 15) is 18.0 Å². The smallest absolute Gasteiger partial charge is 0.338 e. The molecule has 0 radical (unpaired) electrons. The zero-order valence-electron chi connectivity index (χ0n) is 19.7. The number of carbonyl (C=O) groups is 2. The largest absolute Gasteiger partial charge is 0.495 e. The highest BCUT2D eigenvalue weighted by molar-refractivity contribution is 7.89. The van der Waals surface area contributed by atoms with Crippen LogP contribution in [0.25, 0.3) is 0 Å². The van der Waals surface area contributed by atoms with Gasteiger partial charge in [0.2, 0.25) is 10.0 Å². The van der Waals surface area contributed by atoms with Gasteiger partial charge in [0.05, 0.1) is 12.7 Å². The molecule has 1 fully saturated rings. The molecular weight excluding hydrogens is 456 g/mol. The Labute approximate surface area is 200 Å². The van der Waals surface area contributed by atoms with E-state index in [0.717, 1.165) is 36.9 Å². The standard InChI is InChI=1S/C25H30N2O6S/c1-17-8-6-7-14-27(17)34(30,31)23-16-20(11-12-22(23)32-3)25(29)33-18(2)24(28)26-15-13-19-9-4-5-10-21(19)26/h4-5,9-12,16-18H,6-8,13-15H2,1-3H3/t17-,18-/m1/s1. The van der Waals surface area contributed by atoms with Crippen molar-refractivity contribution in [3.63, 3.8) is 0 Å². The van der Waals surface area contributed by atoms with Crippen LogP contribution in [0.3, 0.4) is 0 Å². The monoisotopic (exact) mass is 486 g/mol. The van der Waals surface area contributed by atoms with E-state index in [1.165, 1.54) is 36.5 Å². The number of nitrogens with zero attached hydrogens (tertiary/aromatic N) is 2. The lowest BCUT2D eigenvalue weighted by Crippen LogP contribution is -2.42. The SMILES string of the molecule is COc1ccc(C(=O)O[C@H](C)C(=O)N2CCc3ccccc32)cc1S(=O)(=O)N1CCCC[C@H]1C. The number of carbonyl (C=O) groups excluding carboxylic acids is 2. The number of hydrogen-bond donors (Lipinski definition) is 0. The third kappa shape index (κ3) is 4.54. The fourth-order valence-electron chi connectivity index (χ4n) is 4.63. The van der Waals surface area contributed by atoms with E-state index in [0.29, 0.717) is 13.1 Å². The first-order valence-corrected chi connectivity index (χ1v) is 13.0.